The zero-order chi connectivity index (χ0) is 18.8. The normalized spacial score (nSPS) is 11.0. The van der Waals surface area contributed by atoms with Gasteiger partial charge in [-0.2, -0.15) is 9.61 Å². The van der Waals surface area contributed by atoms with Gasteiger partial charge in [0.1, 0.15) is 5.01 Å². The fourth-order valence-electron chi connectivity index (χ4n) is 2.91. The molecule has 0 aliphatic heterocycles. The van der Waals surface area contributed by atoms with Gasteiger partial charge in [0.05, 0.1) is 0 Å². The van der Waals surface area contributed by atoms with Crippen molar-refractivity contribution in [3.63, 3.8) is 0 Å². The number of carbonyl (C=O) groups excluding carboxylic acids is 1. The molecule has 7 heteroatoms. The lowest BCUT2D eigenvalue weighted by molar-refractivity contribution is 0.102. The number of aryl methyl sites for hydroxylation is 2. The third-order valence-electron chi connectivity index (χ3n) is 4.29. The van der Waals surface area contributed by atoms with Crippen molar-refractivity contribution in [1.29, 1.82) is 0 Å². The summed E-state index contributed by atoms with van der Waals surface area (Å²) in [5, 5.41) is 16.9. The number of nitrogens with one attached hydrogen (secondary N) is 1. The highest BCUT2D eigenvalue weighted by atomic mass is 32.1. The molecule has 0 atom stereocenters. The summed E-state index contributed by atoms with van der Waals surface area (Å²) in [7, 11) is 0. The second-order valence-electron chi connectivity index (χ2n) is 6.32. The minimum atomic E-state index is -0.117. The molecule has 1 N–H and O–H groups in total. The lowest BCUT2D eigenvalue weighted by Crippen LogP contribution is -2.13. The maximum absolute atomic E-state index is 12.6. The van der Waals surface area contributed by atoms with Crippen molar-refractivity contribution >= 4 is 27.9 Å². The molecule has 0 fully saturated rings. The van der Waals surface area contributed by atoms with Gasteiger partial charge in [0.25, 0.3) is 5.91 Å². The molecule has 0 aliphatic rings. The molecule has 2 aromatic carbocycles. The van der Waals surface area contributed by atoms with E-state index >= 15 is 0 Å². The van der Waals surface area contributed by atoms with Crippen molar-refractivity contribution < 1.29 is 4.79 Å². The van der Waals surface area contributed by atoms with Crippen LogP contribution in [0.5, 0.6) is 0 Å². The highest BCUT2D eigenvalue weighted by molar-refractivity contribution is 7.19. The van der Waals surface area contributed by atoms with Crippen LogP contribution in [0.15, 0.2) is 48.5 Å². The van der Waals surface area contributed by atoms with Crippen molar-refractivity contribution in [1.82, 2.24) is 19.8 Å². The lowest BCUT2D eigenvalue weighted by Gasteiger charge is -2.08. The maximum Gasteiger partial charge on any atom is 0.255 e. The van der Waals surface area contributed by atoms with E-state index in [1.165, 1.54) is 11.3 Å². The molecular weight excluding hydrogens is 358 g/mol. The molecule has 2 heterocycles. The second kappa shape index (κ2) is 7.28. The number of fused-ring (bicyclic) bond motifs is 1. The van der Waals surface area contributed by atoms with Gasteiger partial charge in [-0.25, -0.2) is 0 Å². The average molecular weight is 377 g/mol. The van der Waals surface area contributed by atoms with Gasteiger partial charge >= 0.3 is 0 Å². The molecule has 0 bridgehead atoms. The zero-order valence-corrected chi connectivity index (χ0v) is 16.0. The first-order chi connectivity index (χ1) is 13.2. The largest absolute Gasteiger partial charge is 0.322 e. The number of anilines is 1. The van der Waals surface area contributed by atoms with Gasteiger partial charge in [-0.05, 0) is 37.1 Å². The number of hydrogen-bond acceptors (Lipinski definition) is 5. The molecule has 0 radical (unpaired) electrons. The Morgan fingerprint density at radius 2 is 2.00 bits per heavy atom. The number of aromatic nitrogens is 4. The van der Waals surface area contributed by atoms with Gasteiger partial charge in [-0.1, -0.05) is 48.6 Å². The molecule has 4 rings (SSSR count). The van der Waals surface area contributed by atoms with Crippen LogP contribution in [-0.2, 0) is 6.42 Å². The summed E-state index contributed by atoms with van der Waals surface area (Å²) in [6, 6.07) is 15.3. The van der Waals surface area contributed by atoms with E-state index in [2.05, 4.69) is 27.5 Å². The lowest BCUT2D eigenvalue weighted by atomic mass is 10.1. The van der Waals surface area contributed by atoms with Crippen LogP contribution in [0.3, 0.4) is 0 Å². The summed E-state index contributed by atoms with van der Waals surface area (Å²) in [6.45, 7) is 4.04. The van der Waals surface area contributed by atoms with Crippen LogP contribution in [0.1, 0.15) is 35.1 Å². The summed E-state index contributed by atoms with van der Waals surface area (Å²) in [4.78, 5) is 13.3. The number of carbonyl (C=O) groups is 1. The van der Waals surface area contributed by atoms with E-state index in [1.54, 1.807) is 0 Å². The Balaban J connectivity index is 1.61. The topological polar surface area (TPSA) is 72.2 Å². The molecule has 0 aliphatic carbocycles. The third kappa shape index (κ3) is 3.46. The number of hydrogen-bond donors (Lipinski definition) is 1. The van der Waals surface area contributed by atoms with Crippen molar-refractivity contribution in [2.75, 3.05) is 5.32 Å². The molecule has 0 unspecified atom stereocenters. The Morgan fingerprint density at radius 1 is 1.15 bits per heavy atom. The van der Waals surface area contributed by atoms with Crippen LogP contribution in [0.2, 0.25) is 0 Å². The van der Waals surface area contributed by atoms with Gasteiger partial charge in [0.15, 0.2) is 5.82 Å². The highest BCUT2D eigenvalue weighted by Gasteiger charge is 2.14. The highest BCUT2D eigenvalue weighted by Crippen LogP contribution is 2.28. The SMILES string of the molecule is CCCc1nnc2sc(-c3cccc(NC(=O)c4ccccc4C)c3)nn12. The minimum absolute atomic E-state index is 0.117. The van der Waals surface area contributed by atoms with E-state index in [4.69, 9.17) is 0 Å². The van der Waals surface area contributed by atoms with Crippen LogP contribution in [0.25, 0.3) is 15.5 Å². The summed E-state index contributed by atoms with van der Waals surface area (Å²) in [5.41, 5.74) is 3.30. The summed E-state index contributed by atoms with van der Waals surface area (Å²) < 4.78 is 1.81. The van der Waals surface area contributed by atoms with E-state index in [9.17, 15) is 4.79 Å². The standard InChI is InChI=1S/C20H19N5OS/c1-3-7-17-22-23-20-25(17)24-19(27-20)14-9-6-10-15(12-14)21-18(26)16-11-5-4-8-13(16)2/h4-6,8-12H,3,7H2,1-2H3,(H,21,26). The van der Waals surface area contributed by atoms with Gasteiger partial charge in [0.2, 0.25) is 4.96 Å². The van der Waals surface area contributed by atoms with Crippen LogP contribution in [-0.4, -0.2) is 25.7 Å². The first-order valence-corrected chi connectivity index (χ1v) is 9.66. The molecule has 6 nitrogen and oxygen atoms in total. The second-order valence-corrected chi connectivity index (χ2v) is 7.27. The third-order valence-corrected chi connectivity index (χ3v) is 5.23. The zero-order valence-electron chi connectivity index (χ0n) is 15.1. The van der Waals surface area contributed by atoms with E-state index in [-0.39, 0.29) is 5.91 Å². The van der Waals surface area contributed by atoms with E-state index in [0.29, 0.717) is 5.56 Å². The van der Waals surface area contributed by atoms with Gasteiger partial charge < -0.3 is 5.32 Å². The fourth-order valence-corrected chi connectivity index (χ4v) is 3.76. The first-order valence-electron chi connectivity index (χ1n) is 8.84. The number of nitrogens with zero attached hydrogens (tertiary/aromatic N) is 4. The summed E-state index contributed by atoms with van der Waals surface area (Å²) in [6.07, 6.45) is 1.84. The molecular formula is C20H19N5OS. The van der Waals surface area contributed by atoms with Crippen molar-refractivity contribution in [3.8, 4) is 10.6 Å². The summed E-state index contributed by atoms with van der Waals surface area (Å²) in [5.74, 6) is 0.757. The molecule has 2 aromatic heterocycles. The van der Waals surface area contributed by atoms with Crippen LogP contribution in [0.4, 0.5) is 5.69 Å². The quantitative estimate of drug-likeness (QED) is 0.561. The van der Waals surface area contributed by atoms with Gasteiger partial charge in [0, 0.05) is 23.2 Å². The summed E-state index contributed by atoms with van der Waals surface area (Å²) >= 11 is 1.49. The monoisotopic (exact) mass is 377 g/mol. The molecule has 0 saturated heterocycles. The number of amides is 1. The first kappa shape index (κ1) is 17.4. The Morgan fingerprint density at radius 3 is 2.81 bits per heavy atom. The van der Waals surface area contributed by atoms with E-state index < -0.39 is 0 Å². The van der Waals surface area contributed by atoms with Crippen molar-refractivity contribution in [3.05, 3.63) is 65.5 Å². The van der Waals surface area contributed by atoms with Gasteiger partial charge in [-0.3, -0.25) is 4.79 Å². The molecule has 136 valence electrons. The number of benzene rings is 2. The maximum atomic E-state index is 12.6. The molecule has 1 amide bonds. The predicted molar refractivity (Wildman–Crippen MR) is 107 cm³/mol. The Labute approximate surface area is 160 Å². The Kier molecular flexibility index (Phi) is 4.68. The smallest absolute Gasteiger partial charge is 0.255 e. The Hall–Kier alpha value is -3.06. The molecule has 27 heavy (non-hydrogen) atoms. The minimum Gasteiger partial charge on any atom is -0.322 e. The van der Waals surface area contributed by atoms with E-state index in [1.807, 2.05) is 60.0 Å². The van der Waals surface area contributed by atoms with Crippen LogP contribution >= 0.6 is 11.3 Å². The number of rotatable bonds is 5. The van der Waals surface area contributed by atoms with Crippen molar-refractivity contribution in [2.24, 2.45) is 0 Å². The fraction of sp³-hybridized carbons (Fsp3) is 0.200. The van der Waals surface area contributed by atoms with Gasteiger partial charge in [-0.15, -0.1) is 10.2 Å². The van der Waals surface area contributed by atoms with Crippen LogP contribution in [0, 0.1) is 6.92 Å². The predicted octanol–water partition coefficient (Wildman–Crippen LogP) is 4.37. The Bertz CT molecular complexity index is 1110. The molecule has 0 spiro atoms. The average Bonchev–Trinajstić information content (AvgIpc) is 3.24. The van der Waals surface area contributed by atoms with E-state index in [0.717, 1.165) is 45.4 Å². The van der Waals surface area contributed by atoms with Crippen molar-refractivity contribution in [2.45, 2.75) is 26.7 Å². The van der Waals surface area contributed by atoms with Crippen LogP contribution < -0.4 is 5.32 Å². The molecule has 4 aromatic rings. The molecule has 0 saturated carbocycles.